The Hall–Kier alpha value is -1.01. The van der Waals surface area contributed by atoms with Gasteiger partial charge in [-0.15, -0.1) is 0 Å². The zero-order chi connectivity index (χ0) is 13.1. The van der Waals surface area contributed by atoms with Crippen molar-refractivity contribution in [3.8, 4) is 0 Å². The Morgan fingerprint density at radius 2 is 2.44 bits per heavy atom. The van der Waals surface area contributed by atoms with E-state index in [0.717, 1.165) is 30.5 Å². The van der Waals surface area contributed by atoms with Gasteiger partial charge in [-0.2, -0.15) is 0 Å². The first-order valence-electron chi connectivity index (χ1n) is 6.11. The first kappa shape index (κ1) is 13.4. The molecule has 0 aliphatic carbocycles. The topological polar surface area (TPSA) is 58.4 Å². The lowest BCUT2D eigenvalue weighted by molar-refractivity contribution is -0.133. The minimum atomic E-state index is -0.798. The molecule has 0 saturated carbocycles. The fourth-order valence-corrected chi connectivity index (χ4v) is 3.09. The van der Waals surface area contributed by atoms with Crippen molar-refractivity contribution in [2.75, 3.05) is 25.9 Å². The molecule has 1 saturated heterocycles. The molecule has 0 bridgehead atoms. The summed E-state index contributed by atoms with van der Waals surface area (Å²) in [6.07, 6.45) is 3.03. The summed E-state index contributed by atoms with van der Waals surface area (Å²) >= 11 is 1.30. The van der Waals surface area contributed by atoms with E-state index >= 15 is 0 Å². The number of likely N-dealkylation sites (tertiary alicyclic amines) is 1. The molecule has 1 fully saturated rings. The first-order chi connectivity index (χ1) is 8.56. The number of thioether (sulfide) groups is 1. The summed E-state index contributed by atoms with van der Waals surface area (Å²) in [4.78, 5) is 17.2. The highest BCUT2D eigenvalue weighted by molar-refractivity contribution is 7.99. The Kier molecular flexibility index (Phi) is 4.29. The Morgan fingerprint density at radius 1 is 1.67 bits per heavy atom. The third kappa shape index (κ3) is 3.26. The van der Waals surface area contributed by atoms with E-state index < -0.39 is 5.97 Å². The number of aromatic nitrogens is 2. The molecule has 0 amide bonds. The average Bonchev–Trinajstić information content (AvgIpc) is 2.85. The third-order valence-electron chi connectivity index (χ3n) is 3.27. The van der Waals surface area contributed by atoms with Gasteiger partial charge in [0.05, 0.1) is 5.75 Å². The van der Waals surface area contributed by atoms with E-state index in [4.69, 9.17) is 5.11 Å². The SMILES string of the molecule is Cc1cnc(SCC(=O)O)n1CC1CCN(C)C1. The third-order valence-corrected chi connectivity index (χ3v) is 4.25. The van der Waals surface area contributed by atoms with Gasteiger partial charge < -0.3 is 14.6 Å². The van der Waals surface area contributed by atoms with Crippen molar-refractivity contribution in [3.05, 3.63) is 11.9 Å². The number of hydrogen-bond acceptors (Lipinski definition) is 4. The van der Waals surface area contributed by atoms with E-state index in [2.05, 4.69) is 21.5 Å². The number of rotatable bonds is 5. The molecule has 100 valence electrons. The number of aryl methyl sites for hydroxylation is 1. The van der Waals surface area contributed by atoms with Crippen LogP contribution < -0.4 is 0 Å². The molecule has 2 rings (SSSR count). The highest BCUT2D eigenvalue weighted by Crippen LogP contribution is 2.23. The number of imidazole rings is 1. The van der Waals surface area contributed by atoms with Gasteiger partial charge >= 0.3 is 5.97 Å². The van der Waals surface area contributed by atoms with Crippen LogP contribution in [0.3, 0.4) is 0 Å². The highest BCUT2D eigenvalue weighted by Gasteiger charge is 2.21. The first-order valence-corrected chi connectivity index (χ1v) is 7.10. The standard InChI is InChI=1S/C12H19N3O2S/c1-9-5-13-12(18-8-11(16)17)15(9)7-10-3-4-14(2)6-10/h5,10H,3-4,6-8H2,1-2H3,(H,16,17). The lowest BCUT2D eigenvalue weighted by atomic mass is 10.1. The molecule has 5 nitrogen and oxygen atoms in total. The van der Waals surface area contributed by atoms with Crippen molar-refractivity contribution >= 4 is 17.7 Å². The van der Waals surface area contributed by atoms with Gasteiger partial charge in [-0.1, -0.05) is 11.8 Å². The van der Waals surface area contributed by atoms with Gasteiger partial charge in [0.2, 0.25) is 0 Å². The number of hydrogen-bond donors (Lipinski definition) is 1. The summed E-state index contributed by atoms with van der Waals surface area (Å²) in [5.74, 6) is -0.0824. The monoisotopic (exact) mass is 269 g/mol. The van der Waals surface area contributed by atoms with Crippen LogP contribution in [-0.4, -0.2) is 51.4 Å². The maximum absolute atomic E-state index is 10.6. The summed E-state index contributed by atoms with van der Waals surface area (Å²) in [5.41, 5.74) is 1.11. The number of nitrogens with zero attached hydrogens (tertiary/aromatic N) is 3. The highest BCUT2D eigenvalue weighted by atomic mass is 32.2. The van der Waals surface area contributed by atoms with Crippen LogP contribution in [0.4, 0.5) is 0 Å². The van der Waals surface area contributed by atoms with Gasteiger partial charge in [0.1, 0.15) is 0 Å². The maximum atomic E-state index is 10.6. The number of aliphatic carboxylic acids is 1. The predicted octanol–water partition coefficient (Wildman–Crippen LogP) is 1.32. The quantitative estimate of drug-likeness (QED) is 0.817. The molecule has 6 heteroatoms. The Bertz CT molecular complexity index is 433. The molecule has 1 aliphatic rings. The molecular weight excluding hydrogens is 250 g/mol. The van der Waals surface area contributed by atoms with Crippen LogP contribution in [0.5, 0.6) is 0 Å². The molecule has 1 unspecified atom stereocenters. The van der Waals surface area contributed by atoms with Gasteiger partial charge in [0.25, 0.3) is 0 Å². The zero-order valence-electron chi connectivity index (χ0n) is 10.8. The van der Waals surface area contributed by atoms with Gasteiger partial charge in [-0.25, -0.2) is 4.98 Å². The largest absolute Gasteiger partial charge is 0.481 e. The predicted molar refractivity (Wildman–Crippen MR) is 70.9 cm³/mol. The summed E-state index contributed by atoms with van der Waals surface area (Å²) in [6.45, 7) is 5.23. The van der Waals surface area contributed by atoms with Crippen molar-refractivity contribution in [3.63, 3.8) is 0 Å². The van der Waals surface area contributed by atoms with E-state index in [-0.39, 0.29) is 5.75 Å². The van der Waals surface area contributed by atoms with Crippen LogP contribution in [0.1, 0.15) is 12.1 Å². The zero-order valence-corrected chi connectivity index (χ0v) is 11.6. The van der Waals surface area contributed by atoms with Crippen molar-refractivity contribution < 1.29 is 9.90 Å². The normalized spacial score (nSPS) is 20.4. The van der Waals surface area contributed by atoms with Crippen LogP contribution in [0, 0.1) is 12.8 Å². The second-order valence-electron chi connectivity index (χ2n) is 4.89. The summed E-state index contributed by atoms with van der Waals surface area (Å²) in [5, 5.41) is 9.55. The Balaban J connectivity index is 2.02. The van der Waals surface area contributed by atoms with Gasteiger partial charge in [-0.05, 0) is 32.9 Å². The molecule has 18 heavy (non-hydrogen) atoms. The molecule has 0 radical (unpaired) electrons. The summed E-state index contributed by atoms with van der Waals surface area (Å²) < 4.78 is 2.15. The number of carbonyl (C=O) groups is 1. The van der Waals surface area contributed by atoms with Crippen molar-refractivity contribution in [2.24, 2.45) is 5.92 Å². The summed E-state index contributed by atoms with van der Waals surface area (Å²) in [6, 6.07) is 0. The minimum Gasteiger partial charge on any atom is -0.481 e. The van der Waals surface area contributed by atoms with Crippen LogP contribution >= 0.6 is 11.8 Å². The molecular formula is C12H19N3O2S. The van der Waals surface area contributed by atoms with Gasteiger partial charge in [-0.3, -0.25) is 4.79 Å². The van der Waals surface area contributed by atoms with Gasteiger partial charge in [0, 0.05) is 25.0 Å². The fourth-order valence-electron chi connectivity index (χ4n) is 2.34. The minimum absolute atomic E-state index is 0.0705. The number of carboxylic acid groups (broad SMARTS) is 1. The van der Waals surface area contributed by atoms with Crippen LogP contribution in [0.2, 0.25) is 0 Å². The molecule has 0 aromatic carbocycles. The smallest absolute Gasteiger partial charge is 0.313 e. The molecule has 1 atom stereocenters. The van der Waals surface area contributed by atoms with Crippen molar-refractivity contribution in [1.82, 2.24) is 14.5 Å². The molecule has 1 aromatic rings. The Morgan fingerprint density at radius 3 is 3.06 bits per heavy atom. The molecule has 1 aliphatic heterocycles. The van der Waals surface area contributed by atoms with E-state index in [1.807, 2.05) is 13.1 Å². The fraction of sp³-hybridized carbons (Fsp3) is 0.667. The maximum Gasteiger partial charge on any atom is 0.313 e. The second kappa shape index (κ2) is 5.75. The van der Waals surface area contributed by atoms with Crippen LogP contribution in [-0.2, 0) is 11.3 Å². The van der Waals surface area contributed by atoms with Crippen LogP contribution in [0.15, 0.2) is 11.4 Å². The van der Waals surface area contributed by atoms with E-state index in [0.29, 0.717) is 5.92 Å². The van der Waals surface area contributed by atoms with E-state index in [1.54, 1.807) is 0 Å². The molecule has 2 heterocycles. The van der Waals surface area contributed by atoms with Gasteiger partial charge in [0.15, 0.2) is 5.16 Å². The van der Waals surface area contributed by atoms with E-state index in [9.17, 15) is 4.79 Å². The number of carboxylic acids is 1. The molecule has 0 spiro atoms. The van der Waals surface area contributed by atoms with Crippen molar-refractivity contribution in [1.29, 1.82) is 0 Å². The average molecular weight is 269 g/mol. The molecule has 1 N–H and O–H groups in total. The van der Waals surface area contributed by atoms with Crippen molar-refractivity contribution in [2.45, 2.75) is 25.0 Å². The van der Waals surface area contributed by atoms with Crippen LogP contribution in [0.25, 0.3) is 0 Å². The van der Waals surface area contributed by atoms with E-state index in [1.165, 1.54) is 18.2 Å². The Labute approximate surface area is 111 Å². The molecule has 1 aromatic heterocycles. The summed E-state index contributed by atoms with van der Waals surface area (Å²) in [7, 11) is 2.14. The second-order valence-corrected chi connectivity index (χ2v) is 5.83. The lowest BCUT2D eigenvalue weighted by Crippen LogP contribution is -2.18. The lowest BCUT2D eigenvalue weighted by Gasteiger charge is -2.14.